The Balaban J connectivity index is 2.16. The largest absolute Gasteiger partial charge is 0.493 e. The van der Waals surface area contributed by atoms with Crippen LogP contribution < -0.4 is 14.2 Å². The van der Waals surface area contributed by atoms with Crippen molar-refractivity contribution >= 4 is 17.2 Å². The maximum atomic E-state index is 13.2. The Hall–Kier alpha value is -3.60. The fraction of sp³-hybridized carbons (Fsp3) is 0.130. The van der Waals surface area contributed by atoms with Gasteiger partial charge in [-0.1, -0.05) is 60.7 Å². The molecular formula is C23H21NO4. The SMILES string of the molecule is COc1cc(N=C(C(=O)c2ccccc2)c2ccccc2)cc(OC)c1OC. The van der Waals surface area contributed by atoms with Crippen LogP contribution in [0.15, 0.2) is 77.8 Å². The minimum absolute atomic E-state index is 0.166. The number of methoxy groups -OCH3 is 3. The molecule has 0 amide bonds. The molecule has 0 fully saturated rings. The molecule has 0 atom stereocenters. The molecule has 0 saturated carbocycles. The van der Waals surface area contributed by atoms with E-state index in [0.717, 1.165) is 5.56 Å². The molecule has 3 aromatic rings. The van der Waals surface area contributed by atoms with Crippen LogP contribution in [0, 0.1) is 0 Å². The molecule has 0 unspecified atom stereocenters. The van der Waals surface area contributed by atoms with E-state index in [1.807, 2.05) is 48.5 Å². The van der Waals surface area contributed by atoms with Gasteiger partial charge in [0.2, 0.25) is 11.5 Å². The van der Waals surface area contributed by atoms with E-state index in [-0.39, 0.29) is 5.78 Å². The second-order valence-electron chi connectivity index (χ2n) is 5.91. The van der Waals surface area contributed by atoms with Gasteiger partial charge < -0.3 is 14.2 Å². The summed E-state index contributed by atoms with van der Waals surface area (Å²) in [6.45, 7) is 0. The maximum Gasteiger partial charge on any atom is 0.211 e. The Kier molecular flexibility index (Phi) is 6.07. The molecule has 0 aromatic heterocycles. The lowest BCUT2D eigenvalue weighted by atomic mass is 10.0. The molecular weight excluding hydrogens is 354 g/mol. The first-order chi connectivity index (χ1) is 13.7. The lowest BCUT2D eigenvalue weighted by molar-refractivity contribution is 0.106. The van der Waals surface area contributed by atoms with Gasteiger partial charge in [0.1, 0.15) is 5.71 Å². The highest BCUT2D eigenvalue weighted by molar-refractivity contribution is 6.51. The van der Waals surface area contributed by atoms with Gasteiger partial charge in [0.05, 0.1) is 27.0 Å². The normalized spacial score (nSPS) is 11.0. The lowest BCUT2D eigenvalue weighted by Crippen LogP contribution is -2.15. The van der Waals surface area contributed by atoms with Crippen LogP contribution in [0.3, 0.4) is 0 Å². The fourth-order valence-electron chi connectivity index (χ4n) is 2.83. The monoisotopic (exact) mass is 375 g/mol. The first-order valence-corrected chi connectivity index (χ1v) is 8.71. The molecule has 0 aliphatic rings. The van der Waals surface area contributed by atoms with Crippen LogP contribution in [0.5, 0.6) is 17.2 Å². The molecule has 0 N–H and O–H groups in total. The van der Waals surface area contributed by atoms with Crippen molar-refractivity contribution in [3.05, 3.63) is 83.9 Å². The van der Waals surface area contributed by atoms with Gasteiger partial charge in [-0.05, 0) is 0 Å². The Labute approximate surface area is 164 Å². The summed E-state index contributed by atoms with van der Waals surface area (Å²) in [6, 6.07) is 21.9. The van der Waals surface area contributed by atoms with Crippen molar-refractivity contribution in [2.45, 2.75) is 0 Å². The number of carbonyl (C=O) groups is 1. The van der Waals surface area contributed by atoms with Gasteiger partial charge >= 0.3 is 0 Å². The topological polar surface area (TPSA) is 57.1 Å². The fourth-order valence-corrected chi connectivity index (χ4v) is 2.83. The van der Waals surface area contributed by atoms with Crippen LogP contribution in [0.25, 0.3) is 0 Å². The minimum atomic E-state index is -0.166. The molecule has 5 nitrogen and oxygen atoms in total. The summed E-state index contributed by atoms with van der Waals surface area (Å²) >= 11 is 0. The molecule has 0 bridgehead atoms. The van der Waals surface area contributed by atoms with Crippen LogP contribution in [0.4, 0.5) is 5.69 Å². The molecule has 28 heavy (non-hydrogen) atoms. The summed E-state index contributed by atoms with van der Waals surface area (Å²) in [5.41, 5.74) is 2.15. The van der Waals surface area contributed by atoms with Crippen molar-refractivity contribution < 1.29 is 19.0 Å². The molecule has 0 heterocycles. The smallest absolute Gasteiger partial charge is 0.211 e. The van der Waals surface area contributed by atoms with E-state index in [0.29, 0.717) is 34.2 Å². The van der Waals surface area contributed by atoms with Crippen LogP contribution in [0.1, 0.15) is 15.9 Å². The number of rotatable bonds is 7. The third-order valence-corrected chi connectivity index (χ3v) is 4.19. The lowest BCUT2D eigenvalue weighted by Gasteiger charge is -2.13. The molecule has 3 aromatic carbocycles. The third-order valence-electron chi connectivity index (χ3n) is 4.19. The Morgan fingerprint density at radius 1 is 0.714 bits per heavy atom. The van der Waals surface area contributed by atoms with E-state index in [4.69, 9.17) is 14.2 Å². The van der Waals surface area contributed by atoms with E-state index in [1.54, 1.807) is 24.3 Å². The van der Waals surface area contributed by atoms with E-state index in [1.165, 1.54) is 21.3 Å². The number of hydrogen-bond donors (Lipinski definition) is 0. The molecule has 5 heteroatoms. The van der Waals surface area contributed by atoms with Crippen molar-refractivity contribution in [3.63, 3.8) is 0 Å². The first-order valence-electron chi connectivity index (χ1n) is 8.71. The Bertz CT molecular complexity index is 957. The number of hydrogen-bond acceptors (Lipinski definition) is 5. The predicted molar refractivity (Wildman–Crippen MR) is 110 cm³/mol. The average Bonchev–Trinajstić information content (AvgIpc) is 2.77. The van der Waals surface area contributed by atoms with Crippen molar-refractivity contribution in [1.82, 2.24) is 0 Å². The van der Waals surface area contributed by atoms with E-state index in [2.05, 4.69) is 4.99 Å². The number of carbonyl (C=O) groups excluding carboxylic acids is 1. The summed E-state index contributed by atoms with van der Waals surface area (Å²) < 4.78 is 16.1. The highest BCUT2D eigenvalue weighted by atomic mass is 16.5. The van der Waals surface area contributed by atoms with Gasteiger partial charge in [0.15, 0.2) is 11.5 Å². The predicted octanol–water partition coefficient (Wildman–Crippen LogP) is 4.72. The number of ether oxygens (including phenoxy) is 3. The van der Waals surface area contributed by atoms with Crippen LogP contribution >= 0.6 is 0 Å². The number of benzene rings is 3. The summed E-state index contributed by atoms with van der Waals surface area (Å²) in [6.07, 6.45) is 0. The van der Waals surface area contributed by atoms with Crippen molar-refractivity contribution in [2.75, 3.05) is 21.3 Å². The van der Waals surface area contributed by atoms with Crippen LogP contribution in [0.2, 0.25) is 0 Å². The van der Waals surface area contributed by atoms with Gasteiger partial charge in [-0.25, -0.2) is 4.99 Å². The molecule has 142 valence electrons. The Morgan fingerprint density at radius 2 is 1.21 bits per heavy atom. The summed E-state index contributed by atoms with van der Waals surface area (Å²) in [4.78, 5) is 17.8. The Morgan fingerprint density at radius 3 is 1.68 bits per heavy atom. The number of Topliss-reactive ketones (excluding diaryl/α,β-unsaturated/α-hetero) is 1. The van der Waals surface area contributed by atoms with E-state index < -0.39 is 0 Å². The molecule has 0 saturated heterocycles. The second kappa shape index (κ2) is 8.86. The quantitative estimate of drug-likeness (QED) is 0.443. The summed E-state index contributed by atoms with van der Waals surface area (Å²) in [5.74, 6) is 1.25. The third kappa shape index (κ3) is 4.04. The number of aliphatic imine (C=N–C) groups is 1. The van der Waals surface area contributed by atoms with Crippen LogP contribution in [-0.2, 0) is 0 Å². The summed E-state index contributed by atoms with van der Waals surface area (Å²) in [5, 5.41) is 0. The van der Waals surface area contributed by atoms with Crippen molar-refractivity contribution in [3.8, 4) is 17.2 Å². The molecule has 0 spiro atoms. The average molecular weight is 375 g/mol. The number of nitrogens with zero attached hydrogens (tertiary/aromatic N) is 1. The van der Waals surface area contributed by atoms with Gasteiger partial charge in [-0.3, -0.25) is 4.79 Å². The highest BCUT2D eigenvalue weighted by Crippen LogP contribution is 2.41. The molecule has 0 radical (unpaired) electrons. The van der Waals surface area contributed by atoms with Gasteiger partial charge in [-0.2, -0.15) is 0 Å². The molecule has 0 aliphatic carbocycles. The van der Waals surface area contributed by atoms with E-state index in [9.17, 15) is 4.79 Å². The van der Waals surface area contributed by atoms with Gasteiger partial charge in [0, 0.05) is 23.3 Å². The highest BCUT2D eigenvalue weighted by Gasteiger charge is 2.18. The van der Waals surface area contributed by atoms with Gasteiger partial charge in [-0.15, -0.1) is 0 Å². The van der Waals surface area contributed by atoms with Gasteiger partial charge in [0.25, 0.3) is 0 Å². The summed E-state index contributed by atoms with van der Waals surface area (Å²) in [7, 11) is 4.62. The first kappa shape index (κ1) is 19.2. The standard InChI is InChI=1S/C23H21NO4/c1-26-19-14-18(15-20(27-2)23(19)28-3)24-21(16-10-6-4-7-11-16)22(25)17-12-8-5-9-13-17/h4-15H,1-3H3. The maximum absolute atomic E-state index is 13.2. The zero-order valence-electron chi connectivity index (χ0n) is 16.0. The molecule has 3 rings (SSSR count). The van der Waals surface area contributed by atoms with Crippen molar-refractivity contribution in [2.24, 2.45) is 4.99 Å². The van der Waals surface area contributed by atoms with Crippen LogP contribution in [-0.4, -0.2) is 32.8 Å². The molecule has 0 aliphatic heterocycles. The van der Waals surface area contributed by atoms with E-state index >= 15 is 0 Å². The minimum Gasteiger partial charge on any atom is -0.493 e. The zero-order valence-corrected chi connectivity index (χ0v) is 16.0. The zero-order chi connectivity index (χ0) is 19.9. The number of ketones is 1. The van der Waals surface area contributed by atoms with Crippen molar-refractivity contribution in [1.29, 1.82) is 0 Å². The second-order valence-corrected chi connectivity index (χ2v) is 5.91.